The maximum Gasteiger partial charge on any atom is 0.178 e. The van der Waals surface area contributed by atoms with E-state index >= 15 is 0 Å². The second-order valence-corrected chi connectivity index (χ2v) is 6.19. The summed E-state index contributed by atoms with van der Waals surface area (Å²) in [5.41, 5.74) is 2.28. The van der Waals surface area contributed by atoms with Crippen molar-refractivity contribution in [1.29, 1.82) is 0 Å². The first-order valence-corrected chi connectivity index (χ1v) is 7.75. The van der Waals surface area contributed by atoms with Gasteiger partial charge in [-0.05, 0) is 43.7 Å². The van der Waals surface area contributed by atoms with Crippen LogP contribution in [0.25, 0.3) is 11.0 Å². The van der Waals surface area contributed by atoms with Gasteiger partial charge in [-0.15, -0.1) is 0 Å². The Morgan fingerprint density at radius 2 is 2.25 bits per heavy atom. The van der Waals surface area contributed by atoms with Crippen LogP contribution in [0.4, 0.5) is 0 Å². The molecule has 1 N–H and O–H groups in total. The molecule has 0 bridgehead atoms. The average molecular weight is 289 g/mol. The maximum absolute atomic E-state index is 6.05. The molecule has 2 fully saturated rings. The summed E-state index contributed by atoms with van der Waals surface area (Å²) in [5, 5.41) is 0. The molecule has 4 rings (SSSR count). The summed E-state index contributed by atoms with van der Waals surface area (Å²) in [6, 6.07) is 8.93. The number of H-pyrrole nitrogens is 1. The molecule has 0 amide bonds. The van der Waals surface area contributed by atoms with Crippen molar-refractivity contribution in [2.45, 2.75) is 31.5 Å². The number of aromatic nitrogens is 2. The first-order chi connectivity index (χ1) is 9.81. The molecule has 2 saturated heterocycles. The normalized spacial score (nSPS) is 27.0. The van der Waals surface area contributed by atoms with Gasteiger partial charge in [-0.2, -0.15) is 0 Å². The highest BCUT2D eigenvalue weighted by molar-refractivity contribution is 7.71. The van der Waals surface area contributed by atoms with E-state index in [0.717, 1.165) is 30.0 Å². The number of nitrogens with one attached hydrogen (secondary N) is 1. The molecule has 3 heterocycles. The molecular formula is C15H19N3OS. The topological polar surface area (TPSA) is 33.2 Å². The van der Waals surface area contributed by atoms with E-state index in [-0.39, 0.29) is 6.10 Å². The second kappa shape index (κ2) is 4.98. The standard InChI is InChI=1S/C15H19N3OS/c20-15-16-13-5-1-2-6-14(13)18(15)9-12-8-17-7-3-4-11(17)10-19-12/h1-2,5-6,11-12H,3-4,7-10H2,(H,16,20). The zero-order valence-electron chi connectivity index (χ0n) is 11.4. The number of aromatic amines is 1. The van der Waals surface area contributed by atoms with Gasteiger partial charge in [0.25, 0.3) is 0 Å². The molecule has 2 aliphatic heterocycles. The number of rotatable bonds is 2. The van der Waals surface area contributed by atoms with Crippen LogP contribution in [-0.2, 0) is 11.3 Å². The summed E-state index contributed by atoms with van der Waals surface area (Å²) in [5.74, 6) is 0. The van der Waals surface area contributed by atoms with Gasteiger partial charge in [0.1, 0.15) is 0 Å². The number of morpholine rings is 1. The van der Waals surface area contributed by atoms with Crippen LogP contribution in [-0.4, -0.2) is 46.3 Å². The maximum atomic E-state index is 6.05. The predicted octanol–water partition coefficient (Wildman–Crippen LogP) is 2.56. The van der Waals surface area contributed by atoms with Crippen LogP contribution < -0.4 is 0 Å². The number of nitrogens with zero attached hydrogens (tertiary/aromatic N) is 2. The zero-order chi connectivity index (χ0) is 13.5. The molecule has 5 heteroatoms. The van der Waals surface area contributed by atoms with Gasteiger partial charge >= 0.3 is 0 Å². The molecule has 1 aromatic heterocycles. The van der Waals surface area contributed by atoms with Gasteiger partial charge in [0.2, 0.25) is 0 Å². The van der Waals surface area contributed by atoms with Crippen LogP contribution in [0, 0.1) is 4.77 Å². The summed E-state index contributed by atoms with van der Waals surface area (Å²) in [6.45, 7) is 3.97. The van der Waals surface area contributed by atoms with E-state index in [4.69, 9.17) is 17.0 Å². The van der Waals surface area contributed by atoms with Gasteiger partial charge in [0.05, 0.1) is 30.3 Å². The monoisotopic (exact) mass is 289 g/mol. The minimum Gasteiger partial charge on any atom is -0.373 e. The minimum absolute atomic E-state index is 0.246. The Bertz CT molecular complexity index is 677. The van der Waals surface area contributed by atoms with E-state index in [1.807, 2.05) is 6.07 Å². The van der Waals surface area contributed by atoms with Crippen molar-refractivity contribution in [3.63, 3.8) is 0 Å². The van der Waals surface area contributed by atoms with Crippen molar-refractivity contribution < 1.29 is 4.74 Å². The van der Waals surface area contributed by atoms with E-state index in [1.54, 1.807) is 0 Å². The zero-order valence-corrected chi connectivity index (χ0v) is 12.2. The molecule has 106 valence electrons. The highest BCUT2D eigenvalue weighted by Gasteiger charge is 2.32. The van der Waals surface area contributed by atoms with E-state index in [0.29, 0.717) is 6.04 Å². The molecular weight excluding hydrogens is 270 g/mol. The number of imidazole rings is 1. The highest BCUT2D eigenvalue weighted by atomic mass is 32.1. The Morgan fingerprint density at radius 1 is 1.35 bits per heavy atom. The molecule has 2 aliphatic rings. The average Bonchev–Trinajstić information content (AvgIpc) is 3.04. The van der Waals surface area contributed by atoms with Crippen molar-refractivity contribution in [3.05, 3.63) is 29.0 Å². The van der Waals surface area contributed by atoms with Crippen molar-refractivity contribution >= 4 is 23.3 Å². The van der Waals surface area contributed by atoms with E-state index in [9.17, 15) is 0 Å². The van der Waals surface area contributed by atoms with Crippen LogP contribution in [0.3, 0.4) is 0 Å². The quantitative estimate of drug-likeness (QED) is 0.863. The second-order valence-electron chi connectivity index (χ2n) is 5.80. The van der Waals surface area contributed by atoms with E-state index in [2.05, 4.69) is 32.7 Å². The lowest BCUT2D eigenvalue weighted by Crippen LogP contribution is -2.47. The molecule has 20 heavy (non-hydrogen) atoms. The summed E-state index contributed by atoms with van der Waals surface area (Å²) >= 11 is 5.45. The Labute approximate surface area is 123 Å². The molecule has 0 spiro atoms. The highest BCUT2D eigenvalue weighted by Crippen LogP contribution is 2.24. The number of hydrogen-bond donors (Lipinski definition) is 1. The van der Waals surface area contributed by atoms with Crippen LogP contribution in [0.5, 0.6) is 0 Å². The van der Waals surface area contributed by atoms with Crippen molar-refractivity contribution in [2.75, 3.05) is 19.7 Å². The van der Waals surface area contributed by atoms with Crippen molar-refractivity contribution in [2.24, 2.45) is 0 Å². The summed E-state index contributed by atoms with van der Waals surface area (Å²) in [6.07, 6.45) is 2.85. The third kappa shape index (κ3) is 2.10. The van der Waals surface area contributed by atoms with Crippen LogP contribution in [0.15, 0.2) is 24.3 Å². The Balaban J connectivity index is 1.58. The number of para-hydroxylation sites is 2. The first-order valence-electron chi connectivity index (χ1n) is 7.34. The molecule has 1 aromatic carbocycles. The van der Waals surface area contributed by atoms with Gasteiger partial charge < -0.3 is 14.3 Å². The lowest BCUT2D eigenvalue weighted by atomic mass is 10.2. The number of ether oxygens (including phenoxy) is 1. The number of hydrogen-bond acceptors (Lipinski definition) is 3. The van der Waals surface area contributed by atoms with Crippen molar-refractivity contribution in [1.82, 2.24) is 14.5 Å². The number of benzene rings is 1. The van der Waals surface area contributed by atoms with Gasteiger partial charge in [0, 0.05) is 12.6 Å². The summed E-state index contributed by atoms with van der Waals surface area (Å²) in [7, 11) is 0. The summed E-state index contributed by atoms with van der Waals surface area (Å²) in [4.78, 5) is 5.85. The lowest BCUT2D eigenvalue weighted by molar-refractivity contribution is -0.0548. The predicted molar refractivity (Wildman–Crippen MR) is 81.5 cm³/mol. The van der Waals surface area contributed by atoms with Gasteiger partial charge in [-0.3, -0.25) is 4.90 Å². The van der Waals surface area contributed by atoms with E-state index < -0.39 is 0 Å². The molecule has 2 unspecified atom stereocenters. The lowest BCUT2D eigenvalue weighted by Gasteiger charge is -2.35. The fraction of sp³-hybridized carbons (Fsp3) is 0.533. The molecule has 4 nitrogen and oxygen atoms in total. The first kappa shape index (κ1) is 12.6. The van der Waals surface area contributed by atoms with Gasteiger partial charge in [-0.25, -0.2) is 0 Å². The minimum atomic E-state index is 0.246. The Kier molecular flexibility index (Phi) is 3.13. The molecule has 2 atom stereocenters. The summed E-state index contributed by atoms with van der Waals surface area (Å²) < 4.78 is 9.01. The van der Waals surface area contributed by atoms with Crippen LogP contribution in [0.1, 0.15) is 12.8 Å². The fourth-order valence-corrected chi connectivity index (χ4v) is 3.77. The molecule has 0 aliphatic carbocycles. The fourth-order valence-electron chi connectivity index (χ4n) is 3.49. The van der Waals surface area contributed by atoms with Gasteiger partial charge in [-0.1, -0.05) is 12.1 Å². The third-order valence-corrected chi connectivity index (χ3v) is 4.85. The third-order valence-electron chi connectivity index (χ3n) is 4.53. The SMILES string of the molecule is S=c1[nH]c2ccccc2n1CC1CN2CCCC2CO1. The van der Waals surface area contributed by atoms with Crippen molar-refractivity contribution in [3.8, 4) is 0 Å². The van der Waals surface area contributed by atoms with Crippen LogP contribution in [0.2, 0.25) is 0 Å². The Morgan fingerprint density at radius 3 is 3.20 bits per heavy atom. The molecule has 2 aromatic rings. The largest absolute Gasteiger partial charge is 0.373 e. The number of fused-ring (bicyclic) bond motifs is 2. The van der Waals surface area contributed by atoms with Gasteiger partial charge in [0.15, 0.2) is 4.77 Å². The Hall–Kier alpha value is -1.17. The smallest absolute Gasteiger partial charge is 0.178 e. The van der Waals surface area contributed by atoms with E-state index in [1.165, 1.54) is 24.9 Å². The molecule has 0 radical (unpaired) electrons. The molecule has 0 saturated carbocycles. The van der Waals surface area contributed by atoms with Crippen LogP contribution >= 0.6 is 12.2 Å².